The van der Waals surface area contributed by atoms with E-state index < -0.39 is 0 Å². The van der Waals surface area contributed by atoms with Crippen LogP contribution >= 0.6 is 0 Å². The van der Waals surface area contributed by atoms with Crippen molar-refractivity contribution in [3.05, 3.63) is 0 Å². The van der Waals surface area contributed by atoms with Gasteiger partial charge in [-0.25, -0.2) is 0 Å². The van der Waals surface area contributed by atoms with Crippen LogP contribution in [0.4, 0.5) is 0 Å². The van der Waals surface area contributed by atoms with Crippen LogP contribution in [0.2, 0.25) is 0 Å². The van der Waals surface area contributed by atoms with Crippen LogP contribution in [0.5, 0.6) is 0 Å². The molecule has 1 unspecified atom stereocenters. The SMILES string of the molecule is CCNC(=NCCCCCOC)NC(C)CCC(C)(C)C. The van der Waals surface area contributed by atoms with E-state index in [1.165, 1.54) is 19.3 Å². The highest BCUT2D eigenvalue weighted by Gasteiger charge is 2.13. The summed E-state index contributed by atoms with van der Waals surface area (Å²) >= 11 is 0. The predicted molar refractivity (Wildman–Crippen MR) is 93.0 cm³/mol. The van der Waals surface area contributed by atoms with Gasteiger partial charge in [0.25, 0.3) is 0 Å². The molecule has 0 saturated heterocycles. The zero-order valence-electron chi connectivity index (χ0n) is 15.1. The van der Waals surface area contributed by atoms with Crippen LogP contribution in [-0.2, 0) is 4.74 Å². The van der Waals surface area contributed by atoms with Crippen LogP contribution in [0.1, 0.15) is 66.7 Å². The molecule has 0 amide bonds. The third kappa shape index (κ3) is 13.9. The fourth-order valence-corrected chi connectivity index (χ4v) is 2.00. The third-order valence-electron chi connectivity index (χ3n) is 3.33. The molecule has 0 aromatic heterocycles. The van der Waals surface area contributed by atoms with E-state index in [1.54, 1.807) is 7.11 Å². The molecule has 4 nitrogen and oxygen atoms in total. The number of rotatable bonds is 10. The van der Waals surface area contributed by atoms with Crippen LogP contribution in [0.3, 0.4) is 0 Å². The normalized spacial score (nSPS) is 14.1. The zero-order valence-corrected chi connectivity index (χ0v) is 15.1. The molecule has 4 heteroatoms. The number of nitrogens with one attached hydrogen (secondary N) is 2. The van der Waals surface area contributed by atoms with Gasteiger partial charge in [-0.2, -0.15) is 0 Å². The van der Waals surface area contributed by atoms with E-state index in [0.717, 1.165) is 38.5 Å². The van der Waals surface area contributed by atoms with E-state index in [0.29, 0.717) is 11.5 Å². The van der Waals surface area contributed by atoms with E-state index in [4.69, 9.17) is 4.74 Å². The molecule has 0 aliphatic heterocycles. The average molecular weight is 300 g/mol. The highest BCUT2D eigenvalue weighted by molar-refractivity contribution is 5.79. The van der Waals surface area contributed by atoms with E-state index in [9.17, 15) is 0 Å². The van der Waals surface area contributed by atoms with Crippen LogP contribution in [0.25, 0.3) is 0 Å². The summed E-state index contributed by atoms with van der Waals surface area (Å²) in [6.45, 7) is 13.8. The lowest BCUT2D eigenvalue weighted by Gasteiger charge is -2.23. The number of guanidine groups is 1. The van der Waals surface area contributed by atoms with Gasteiger partial charge in [-0.3, -0.25) is 4.99 Å². The number of nitrogens with zero attached hydrogens (tertiary/aromatic N) is 1. The Bertz CT molecular complexity index is 272. The van der Waals surface area contributed by atoms with Crippen molar-refractivity contribution in [3.63, 3.8) is 0 Å². The summed E-state index contributed by atoms with van der Waals surface area (Å²) < 4.78 is 5.05. The summed E-state index contributed by atoms with van der Waals surface area (Å²) in [5, 5.41) is 6.83. The molecule has 0 saturated carbocycles. The smallest absolute Gasteiger partial charge is 0.191 e. The van der Waals surface area contributed by atoms with E-state index >= 15 is 0 Å². The predicted octanol–water partition coefficient (Wildman–Crippen LogP) is 3.57. The van der Waals surface area contributed by atoms with Crippen molar-refractivity contribution in [2.75, 3.05) is 26.8 Å². The fourth-order valence-electron chi connectivity index (χ4n) is 2.00. The van der Waals surface area contributed by atoms with Gasteiger partial charge in [-0.15, -0.1) is 0 Å². The van der Waals surface area contributed by atoms with Crippen LogP contribution in [0, 0.1) is 5.41 Å². The van der Waals surface area contributed by atoms with Crippen LogP contribution < -0.4 is 10.6 Å². The molecule has 0 aromatic rings. The second-order valence-electron chi connectivity index (χ2n) is 6.96. The van der Waals surface area contributed by atoms with Crippen molar-refractivity contribution in [1.29, 1.82) is 0 Å². The second-order valence-corrected chi connectivity index (χ2v) is 6.96. The van der Waals surface area contributed by atoms with Gasteiger partial charge in [-0.1, -0.05) is 20.8 Å². The minimum Gasteiger partial charge on any atom is -0.385 e. The zero-order chi connectivity index (χ0) is 16.1. The summed E-state index contributed by atoms with van der Waals surface area (Å²) in [7, 11) is 1.75. The topological polar surface area (TPSA) is 45.7 Å². The molecule has 0 spiro atoms. The second kappa shape index (κ2) is 11.8. The maximum absolute atomic E-state index is 5.05. The van der Waals surface area contributed by atoms with Crippen molar-refractivity contribution >= 4 is 5.96 Å². The molecular formula is C17H37N3O. The van der Waals surface area contributed by atoms with Crippen molar-refractivity contribution in [2.24, 2.45) is 10.4 Å². The van der Waals surface area contributed by atoms with Crippen molar-refractivity contribution < 1.29 is 4.74 Å². The molecule has 21 heavy (non-hydrogen) atoms. The molecule has 126 valence electrons. The monoisotopic (exact) mass is 299 g/mol. The molecule has 2 N–H and O–H groups in total. The van der Waals surface area contributed by atoms with Gasteiger partial charge in [0.1, 0.15) is 0 Å². The van der Waals surface area contributed by atoms with Gasteiger partial charge < -0.3 is 15.4 Å². The van der Waals surface area contributed by atoms with Crippen molar-refractivity contribution in [2.45, 2.75) is 72.8 Å². The number of hydrogen-bond acceptors (Lipinski definition) is 2. The summed E-state index contributed by atoms with van der Waals surface area (Å²) in [4.78, 5) is 4.65. The molecule has 1 atom stereocenters. The first-order chi connectivity index (χ1) is 9.89. The molecule has 0 fully saturated rings. The molecule has 0 aliphatic rings. The largest absolute Gasteiger partial charge is 0.385 e. The number of hydrogen-bond donors (Lipinski definition) is 2. The van der Waals surface area contributed by atoms with E-state index in [-0.39, 0.29) is 0 Å². The Labute approximate surface area is 132 Å². The fraction of sp³-hybridized carbons (Fsp3) is 0.941. The Kier molecular flexibility index (Phi) is 11.4. The molecule has 0 radical (unpaired) electrons. The minimum atomic E-state index is 0.396. The lowest BCUT2D eigenvalue weighted by atomic mass is 9.89. The number of aliphatic imine (C=N–C) groups is 1. The molecule has 0 heterocycles. The number of ether oxygens (including phenoxy) is 1. The van der Waals surface area contributed by atoms with Crippen LogP contribution in [0.15, 0.2) is 4.99 Å². The highest BCUT2D eigenvalue weighted by Crippen LogP contribution is 2.21. The summed E-state index contributed by atoms with van der Waals surface area (Å²) in [5.41, 5.74) is 0.396. The summed E-state index contributed by atoms with van der Waals surface area (Å²) in [6, 6.07) is 0.454. The van der Waals surface area contributed by atoms with Gasteiger partial charge in [0, 0.05) is 32.8 Å². The first-order valence-corrected chi connectivity index (χ1v) is 8.43. The Hall–Kier alpha value is -0.770. The first-order valence-electron chi connectivity index (χ1n) is 8.43. The van der Waals surface area contributed by atoms with Crippen LogP contribution in [-0.4, -0.2) is 38.8 Å². The number of unbranched alkanes of at least 4 members (excludes halogenated alkanes) is 2. The molecule has 0 rings (SSSR count). The van der Waals surface area contributed by atoms with E-state index in [1.807, 2.05) is 0 Å². The maximum atomic E-state index is 5.05. The van der Waals surface area contributed by atoms with Crippen molar-refractivity contribution in [3.8, 4) is 0 Å². The molecule has 0 bridgehead atoms. The summed E-state index contributed by atoms with van der Waals surface area (Å²) in [6.07, 6.45) is 5.81. The third-order valence-corrected chi connectivity index (χ3v) is 3.33. The maximum Gasteiger partial charge on any atom is 0.191 e. The Morgan fingerprint density at radius 1 is 1.19 bits per heavy atom. The van der Waals surface area contributed by atoms with Crippen molar-refractivity contribution in [1.82, 2.24) is 10.6 Å². The Morgan fingerprint density at radius 2 is 1.90 bits per heavy atom. The van der Waals surface area contributed by atoms with E-state index in [2.05, 4.69) is 50.2 Å². The minimum absolute atomic E-state index is 0.396. The van der Waals surface area contributed by atoms with Gasteiger partial charge in [0.05, 0.1) is 0 Å². The average Bonchev–Trinajstić information content (AvgIpc) is 2.40. The lowest BCUT2D eigenvalue weighted by molar-refractivity contribution is 0.192. The lowest BCUT2D eigenvalue weighted by Crippen LogP contribution is -2.42. The van der Waals surface area contributed by atoms with Gasteiger partial charge in [0.15, 0.2) is 5.96 Å². The van der Waals surface area contributed by atoms with Gasteiger partial charge in [-0.05, 0) is 51.4 Å². The first kappa shape index (κ1) is 20.2. The Morgan fingerprint density at radius 3 is 2.48 bits per heavy atom. The summed E-state index contributed by atoms with van der Waals surface area (Å²) in [5.74, 6) is 0.950. The molecule has 0 aromatic carbocycles. The highest BCUT2D eigenvalue weighted by atomic mass is 16.5. The molecular weight excluding hydrogens is 262 g/mol. The number of methoxy groups -OCH3 is 1. The quantitative estimate of drug-likeness (QED) is 0.368. The standard InChI is InChI=1S/C17H37N3O/c1-7-18-16(19-13-9-8-10-14-21-6)20-15(2)11-12-17(3,4)5/h15H,7-14H2,1-6H3,(H2,18,19,20). The van der Waals surface area contributed by atoms with Gasteiger partial charge in [0.2, 0.25) is 0 Å². The van der Waals surface area contributed by atoms with Gasteiger partial charge >= 0.3 is 0 Å². The molecule has 0 aliphatic carbocycles. The Balaban J connectivity index is 4.03.